The molecule has 0 bridgehead atoms. The predicted octanol–water partition coefficient (Wildman–Crippen LogP) is 3.95. The van der Waals surface area contributed by atoms with Crippen LogP contribution in [0.5, 0.6) is 0 Å². The number of fused-ring (bicyclic) bond motifs is 1. The molecule has 2 amide bonds. The van der Waals surface area contributed by atoms with Crippen LogP contribution in [-0.2, 0) is 19.5 Å². The maximum absolute atomic E-state index is 13.0. The molecule has 3 aromatic rings. The molecule has 0 unspecified atom stereocenters. The van der Waals surface area contributed by atoms with E-state index in [0.717, 1.165) is 12.0 Å². The molecule has 0 spiro atoms. The van der Waals surface area contributed by atoms with Gasteiger partial charge in [-0.3, -0.25) is 9.59 Å². The second-order valence-electron chi connectivity index (χ2n) is 7.14. The number of carbonyl (C=O) groups excluding carboxylic acids is 2. The van der Waals surface area contributed by atoms with Crippen molar-refractivity contribution in [2.75, 3.05) is 6.54 Å². The Bertz CT molecular complexity index is 1050. The highest BCUT2D eigenvalue weighted by atomic mass is 19.1. The lowest BCUT2D eigenvalue weighted by atomic mass is 9.99. The molecular weight excluding hydrogens is 367 g/mol. The lowest BCUT2D eigenvalue weighted by Gasteiger charge is -2.29. The monoisotopic (exact) mass is 388 g/mol. The minimum atomic E-state index is -0.313. The summed E-state index contributed by atoms with van der Waals surface area (Å²) in [6, 6.07) is 20.9. The van der Waals surface area contributed by atoms with Crippen molar-refractivity contribution in [1.82, 2.24) is 10.2 Å². The van der Waals surface area contributed by atoms with Crippen molar-refractivity contribution in [1.29, 1.82) is 0 Å². The molecule has 0 fully saturated rings. The van der Waals surface area contributed by atoms with Crippen molar-refractivity contribution < 1.29 is 14.0 Å². The average molecular weight is 388 g/mol. The van der Waals surface area contributed by atoms with Gasteiger partial charge in [0.1, 0.15) is 5.82 Å². The van der Waals surface area contributed by atoms with E-state index in [2.05, 4.69) is 11.4 Å². The van der Waals surface area contributed by atoms with Gasteiger partial charge in [0, 0.05) is 30.8 Å². The zero-order valence-electron chi connectivity index (χ0n) is 15.9. The minimum Gasteiger partial charge on any atom is -0.348 e. The number of nitrogens with one attached hydrogen (secondary N) is 1. The van der Waals surface area contributed by atoms with Gasteiger partial charge in [0.05, 0.1) is 0 Å². The number of carbonyl (C=O) groups is 2. The van der Waals surface area contributed by atoms with Gasteiger partial charge in [-0.2, -0.15) is 0 Å². The molecule has 1 N–H and O–H groups in total. The molecule has 0 atom stereocenters. The Hall–Kier alpha value is -3.47. The van der Waals surface area contributed by atoms with Crippen molar-refractivity contribution in [2.24, 2.45) is 0 Å². The standard InChI is InChI=1S/C24H21FN2O2/c25-22-10-8-17(9-11-22)15-26-23(28)19-6-3-7-20(14-19)24(29)27-13-12-18-4-1-2-5-21(18)16-27/h1-11,14H,12-13,15-16H2,(H,26,28). The van der Waals surface area contributed by atoms with Crippen LogP contribution in [0.15, 0.2) is 72.8 Å². The Labute approximate surface area is 169 Å². The SMILES string of the molecule is O=C(NCc1ccc(F)cc1)c1cccc(C(=O)N2CCc3ccccc3C2)c1. The molecule has 5 heteroatoms. The van der Waals surface area contributed by atoms with Gasteiger partial charge >= 0.3 is 0 Å². The van der Waals surface area contributed by atoms with Crippen LogP contribution in [0.3, 0.4) is 0 Å². The number of halogens is 1. The fourth-order valence-corrected chi connectivity index (χ4v) is 3.53. The molecule has 4 nitrogen and oxygen atoms in total. The molecule has 0 radical (unpaired) electrons. The summed E-state index contributed by atoms with van der Waals surface area (Å²) >= 11 is 0. The van der Waals surface area contributed by atoms with E-state index in [1.54, 1.807) is 36.4 Å². The molecule has 0 saturated heterocycles. The van der Waals surface area contributed by atoms with Gasteiger partial charge < -0.3 is 10.2 Å². The third-order valence-corrected chi connectivity index (χ3v) is 5.16. The van der Waals surface area contributed by atoms with Gasteiger partial charge in [-0.05, 0) is 53.4 Å². The van der Waals surface area contributed by atoms with Crippen LogP contribution in [-0.4, -0.2) is 23.3 Å². The molecule has 0 aliphatic carbocycles. The smallest absolute Gasteiger partial charge is 0.254 e. The average Bonchev–Trinajstić information content (AvgIpc) is 2.77. The van der Waals surface area contributed by atoms with Crippen molar-refractivity contribution >= 4 is 11.8 Å². The van der Waals surface area contributed by atoms with Gasteiger partial charge in [0.2, 0.25) is 0 Å². The molecule has 1 aliphatic rings. The normalized spacial score (nSPS) is 12.9. The molecule has 1 heterocycles. The Kier molecular flexibility index (Phi) is 5.38. The molecule has 3 aromatic carbocycles. The van der Waals surface area contributed by atoms with Crippen LogP contribution >= 0.6 is 0 Å². The summed E-state index contributed by atoms with van der Waals surface area (Å²) in [4.78, 5) is 27.3. The van der Waals surface area contributed by atoms with Crippen LogP contribution in [0.1, 0.15) is 37.4 Å². The summed E-state index contributed by atoms with van der Waals surface area (Å²) in [7, 11) is 0. The molecular formula is C24H21FN2O2. The van der Waals surface area contributed by atoms with Gasteiger partial charge in [-0.25, -0.2) is 4.39 Å². The summed E-state index contributed by atoms with van der Waals surface area (Å²) in [5.74, 6) is -0.660. The second-order valence-corrected chi connectivity index (χ2v) is 7.14. The Morgan fingerprint density at radius 2 is 1.62 bits per heavy atom. The highest BCUT2D eigenvalue weighted by Gasteiger charge is 2.22. The molecule has 0 aromatic heterocycles. The van der Waals surface area contributed by atoms with Crippen molar-refractivity contribution in [2.45, 2.75) is 19.5 Å². The number of hydrogen-bond donors (Lipinski definition) is 1. The number of benzene rings is 3. The lowest BCUT2D eigenvalue weighted by molar-refractivity contribution is 0.0734. The fourth-order valence-electron chi connectivity index (χ4n) is 3.53. The molecule has 146 valence electrons. The predicted molar refractivity (Wildman–Crippen MR) is 109 cm³/mol. The van der Waals surface area contributed by atoms with Crippen LogP contribution < -0.4 is 5.32 Å². The molecule has 29 heavy (non-hydrogen) atoms. The van der Waals surface area contributed by atoms with E-state index < -0.39 is 0 Å². The van der Waals surface area contributed by atoms with Gasteiger partial charge in [-0.1, -0.05) is 42.5 Å². The fraction of sp³-hybridized carbons (Fsp3) is 0.167. The summed E-state index contributed by atoms with van der Waals surface area (Å²) in [6.07, 6.45) is 0.833. The first kappa shape index (κ1) is 18.9. The lowest BCUT2D eigenvalue weighted by Crippen LogP contribution is -2.36. The van der Waals surface area contributed by atoms with Crippen LogP contribution in [0.4, 0.5) is 4.39 Å². The molecule has 4 rings (SSSR count). The van der Waals surface area contributed by atoms with E-state index in [-0.39, 0.29) is 17.6 Å². The Morgan fingerprint density at radius 3 is 2.41 bits per heavy atom. The van der Waals surface area contributed by atoms with Gasteiger partial charge in [-0.15, -0.1) is 0 Å². The van der Waals surface area contributed by atoms with E-state index >= 15 is 0 Å². The van der Waals surface area contributed by atoms with Gasteiger partial charge in [0.15, 0.2) is 0 Å². The first-order valence-corrected chi connectivity index (χ1v) is 9.59. The minimum absolute atomic E-state index is 0.0762. The number of nitrogens with zero attached hydrogens (tertiary/aromatic N) is 1. The van der Waals surface area contributed by atoms with Crippen LogP contribution in [0.25, 0.3) is 0 Å². The van der Waals surface area contributed by atoms with Crippen LogP contribution in [0, 0.1) is 5.82 Å². The Balaban J connectivity index is 1.43. The Morgan fingerprint density at radius 1 is 0.897 bits per heavy atom. The quantitative estimate of drug-likeness (QED) is 0.736. The summed E-state index contributed by atoms with van der Waals surface area (Å²) in [5.41, 5.74) is 4.18. The van der Waals surface area contributed by atoms with Gasteiger partial charge in [0.25, 0.3) is 11.8 Å². The third-order valence-electron chi connectivity index (χ3n) is 5.16. The zero-order chi connectivity index (χ0) is 20.2. The summed E-state index contributed by atoms with van der Waals surface area (Å²) in [6.45, 7) is 1.53. The summed E-state index contributed by atoms with van der Waals surface area (Å²) in [5, 5.41) is 2.81. The van der Waals surface area contributed by atoms with E-state index in [1.807, 2.05) is 23.1 Å². The first-order valence-electron chi connectivity index (χ1n) is 9.59. The first-order chi connectivity index (χ1) is 14.1. The largest absolute Gasteiger partial charge is 0.348 e. The number of hydrogen-bond acceptors (Lipinski definition) is 2. The highest BCUT2D eigenvalue weighted by Crippen LogP contribution is 2.20. The zero-order valence-corrected chi connectivity index (χ0v) is 15.9. The maximum Gasteiger partial charge on any atom is 0.254 e. The molecule has 0 saturated carbocycles. The van der Waals surface area contributed by atoms with Crippen LogP contribution in [0.2, 0.25) is 0 Å². The topological polar surface area (TPSA) is 49.4 Å². The number of amides is 2. The van der Waals surface area contributed by atoms with E-state index in [0.29, 0.717) is 30.8 Å². The van der Waals surface area contributed by atoms with Crippen molar-refractivity contribution in [3.8, 4) is 0 Å². The third kappa shape index (κ3) is 4.35. The second kappa shape index (κ2) is 8.27. The number of rotatable bonds is 4. The van der Waals surface area contributed by atoms with Crippen molar-refractivity contribution in [3.63, 3.8) is 0 Å². The van der Waals surface area contributed by atoms with E-state index in [9.17, 15) is 14.0 Å². The van der Waals surface area contributed by atoms with Crippen molar-refractivity contribution in [3.05, 3.63) is 106 Å². The van der Waals surface area contributed by atoms with E-state index in [1.165, 1.54) is 23.3 Å². The molecule has 1 aliphatic heterocycles. The van der Waals surface area contributed by atoms with E-state index in [4.69, 9.17) is 0 Å². The maximum atomic E-state index is 13.0. The highest BCUT2D eigenvalue weighted by molar-refractivity contribution is 5.99. The summed E-state index contributed by atoms with van der Waals surface area (Å²) < 4.78 is 13.0.